The van der Waals surface area contributed by atoms with Crippen LogP contribution in [0.5, 0.6) is 0 Å². The quantitative estimate of drug-likeness (QED) is 0.486. The summed E-state index contributed by atoms with van der Waals surface area (Å²) in [7, 11) is 0. The molecule has 0 saturated carbocycles. The molecule has 58 valence electrons. The van der Waals surface area contributed by atoms with Gasteiger partial charge in [-0.1, -0.05) is 15.9 Å². The molecule has 0 radical (unpaired) electrons. The van der Waals surface area contributed by atoms with E-state index in [1.807, 2.05) is 0 Å². The zero-order valence-electron chi connectivity index (χ0n) is 6.06. The molecule has 0 bridgehead atoms. The predicted octanol–water partition coefficient (Wildman–Crippen LogP) is 1.58. The van der Waals surface area contributed by atoms with Gasteiger partial charge in [0.05, 0.1) is 0 Å². The molecule has 0 unspecified atom stereocenters. The monoisotopic (exact) mass is 213 g/mol. The molecule has 0 atom stereocenters. The van der Waals surface area contributed by atoms with Gasteiger partial charge in [-0.15, -0.1) is 0 Å². The molecule has 0 saturated heterocycles. The van der Waals surface area contributed by atoms with Crippen molar-refractivity contribution in [2.45, 2.75) is 6.92 Å². The largest absolute Gasteiger partial charge is 0.291 e. The fourth-order valence-corrected chi connectivity index (χ4v) is 1.10. The van der Waals surface area contributed by atoms with E-state index in [9.17, 15) is 0 Å². The molecule has 0 fully saturated rings. The lowest BCUT2D eigenvalue weighted by atomic mass is 10.4. The first kappa shape index (κ1) is 8.20. The van der Waals surface area contributed by atoms with Crippen LogP contribution >= 0.6 is 15.9 Å². The van der Waals surface area contributed by atoms with Crippen LogP contribution in [0.1, 0.15) is 6.92 Å². The van der Waals surface area contributed by atoms with E-state index in [-0.39, 0.29) is 0 Å². The molecule has 11 heavy (non-hydrogen) atoms. The van der Waals surface area contributed by atoms with Crippen molar-refractivity contribution in [2.75, 3.05) is 0 Å². The average Bonchev–Trinajstić information content (AvgIpc) is 1.85. The number of pyridine rings is 1. The number of nitrogens with zero attached hydrogens (tertiary/aromatic N) is 1. The first-order valence-corrected chi connectivity index (χ1v) is 3.89. The highest BCUT2D eigenvalue weighted by atomic mass is 79.9. The van der Waals surface area contributed by atoms with Crippen molar-refractivity contribution >= 4 is 21.8 Å². The third-order valence-corrected chi connectivity index (χ3v) is 1.77. The van der Waals surface area contributed by atoms with Crippen LogP contribution in [0.15, 0.2) is 22.8 Å². The molecular formula is C7H8BrN3. The Morgan fingerprint density at radius 1 is 1.64 bits per heavy atom. The van der Waals surface area contributed by atoms with Gasteiger partial charge < -0.3 is 0 Å². The molecule has 1 rings (SSSR count). The number of hydrogen-bond donors (Lipinski definition) is 2. The van der Waals surface area contributed by atoms with Crippen molar-refractivity contribution in [3.05, 3.63) is 28.3 Å². The molecule has 0 amide bonds. The van der Waals surface area contributed by atoms with E-state index in [4.69, 9.17) is 10.8 Å². The Kier molecular flexibility index (Phi) is 2.24. The van der Waals surface area contributed by atoms with Gasteiger partial charge >= 0.3 is 0 Å². The predicted molar refractivity (Wildman–Crippen MR) is 46.8 cm³/mol. The highest BCUT2D eigenvalue weighted by Crippen LogP contribution is 2.03. The maximum Gasteiger partial charge on any atom is 0.131 e. The zero-order chi connectivity index (χ0) is 8.43. The van der Waals surface area contributed by atoms with E-state index in [0.29, 0.717) is 11.3 Å². The Balaban J connectivity index is 3.32. The van der Waals surface area contributed by atoms with Gasteiger partial charge in [0.15, 0.2) is 0 Å². The maximum absolute atomic E-state index is 7.43. The smallest absolute Gasteiger partial charge is 0.131 e. The molecule has 4 heteroatoms. The summed E-state index contributed by atoms with van der Waals surface area (Å²) in [6.45, 7) is 1.64. The Morgan fingerprint density at radius 3 is 2.73 bits per heavy atom. The number of halogens is 1. The lowest BCUT2D eigenvalue weighted by Crippen LogP contribution is -2.23. The van der Waals surface area contributed by atoms with Gasteiger partial charge in [-0.2, -0.15) is 0 Å². The van der Waals surface area contributed by atoms with Crippen LogP contribution in [0.3, 0.4) is 0 Å². The summed E-state index contributed by atoms with van der Waals surface area (Å²) in [5.41, 5.74) is 0.312. The second-order valence-corrected chi connectivity index (χ2v) is 3.10. The third kappa shape index (κ3) is 1.77. The van der Waals surface area contributed by atoms with Gasteiger partial charge in [-0.3, -0.25) is 15.4 Å². The SMILES string of the molecule is CC(=N)n1ccc(Br)cc1=N. The third-order valence-electron chi connectivity index (χ3n) is 1.28. The normalized spacial score (nSPS) is 9.64. The Bertz CT molecular complexity index is 340. The van der Waals surface area contributed by atoms with Crippen molar-refractivity contribution < 1.29 is 0 Å². The van der Waals surface area contributed by atoms with Gasteiger partial charge in [0.25, 0.3) is 0 Å². The van der Waals surface area contributed by atoms with Crippen molar-refractivity contribution in [3.63, 3.8) is 0 Å². The van der Waals surface area contributed by atoms with Crippen LogP contribution in [-0.2, 0) is 0 Å². The van der Waals surface area contributed by atoms with Crippen molar-refractivity contribution in [1.29, 1.82) is 10.8 Å². The molecule has 0 aliphatic heterocycles. The molecule has 2 N–H and O–H groups in total. The van der Waals surface area contributed by atoms with Crippen LogP contribution in [-0.4, -0.2) is 10.4 Å². The van der Waals surface area contributed by atoms with Crippen LogP contribution in [0, 0.1) is 10.8 Å². The molecule has 0 spiro atoms. The molecule has 0 aromatic carbocycles. The van der Waals surface area contributed by atoms with E-state index in [2.05, 4.69) is 15.9 Å². The summed E-state index contributed by atoms with van der Waals surface area (Å²) in [4.78, 5) is 0. The van der Waals surface area contributed by atoms with E-state index < -0.39 is 0 Å². The minimum atomic E-state index is 0.312. The van der Waals surface area contributed by atoms with Crippen molar-refractivity contribution in [2.24, 2.45) is 0 Å². The zero-order valence-corrected chi connectivity index (χ0v) is 7.64. The van der Waals surface area contributed by atoms with Crippen LogP contribution in [0.2, 0.25) is 0 Å². The second-order valence-electron chi connectivity index (χ2n) is 2.19. The van der Waals surface area contributed by atoms with Gasteiger partial charge in [0, 0.05) is 10.7 Å². The summed E-state index contributed by atoms with van der Waals surface area (Å²) in [6, 6.07) is 3.45. The minimum absolute atomic E-state index is 0.312. The molecule has 1 heterocycles. The Labute approximate surface area is 72.8 Å². The summed E-state index contributed by atoms with van der Waals surface area (Å²) < 4.78 is 2.35. The van der Waals surface area contributed by atoms with Gasteiger partial charge in [0.2, 0.25) is 0 Å². The number of nitrogens with one attached hydrogen (secondary N) is 2. The van der Waals surface area contributed by atoms with Gasteiger partial charge in [0.1, 0.15) is 11.3 Å². The van der Waals surface area contributed by atoms with Crippen LogP contribution in [0.4, 0.5) is 0 Å². The van der Waals surface area contributed by atoms with Crippen molar-refractivity contribution in [3.8, 4) is 0 Å². The van der Waals surface area contributed by atoms with Crippen LogP contribution in [0.25, 0.3) is 0 Å². The topological polar surface area (TPSA) is 52.6 Å². The molecule has 1 aromatic heterocycles. The van der Waals surface area contributed by atoms with Gasteiger partial charge in [-0.25, -0.2) is 0 Å². The van der Waals surface area contributed by atoms with Gasteiger partial charge in [-0.05, 0) is 19.1 Å². The second kappa shape index (κ2) is 3.00. The Hall–Kier alpha value is -0.900. The van der Waals surface area contributed by atoms with E-state index >= 15 is 0 Å². The molecule has 1 aromatic rings. The summed E-state index contributed by atoms with van der Waals surface area (Å²) in [6.07, 6.45) is 1.69. The average molecular weight is 214 g/mol. The molecular weight excluding hydrogens is 206 g/mol. The first-order chi connectivity index (χ1) is 5.11. The maximum atomic E-state index is 7.43. The molecule has 0 aliphatic rings. The molecule has 0 aliphatic carbocycles. The standard InChI is InChI=1S/C7H8BrN3/c1-5(9)11-3-2-6(8)4-7(11)10/h2-4,9-10H,1H3. The summed E-state index contributed by atoms with van der Waals surface area (Å²) in [5, 5.41) is 14.7. The number of hydrogen-bond acceptors (Lipinski definition) is 2. The van der Waals surface area contributed by atoms with Crippen LogP contribution < -0.4 is 5.49 Å². The Morgan fingerprint density at radius 2 is 2.27 bits per heavy atom. The first-order valence-electron chi connectivity index (χ1n) is 3.09. The summed E-state index contributed by atoms with van der Waals surface area (Å²) >= 11 is 3.24. The fraction of sp³-hybridized carbons (Fsp3) is 0.143. The van der Waals surface area contributed by atoms with E-state index in [1.165, 1.54) is 4.57 Å². The number of rotatable bonds is 0. The fourth-order valence-electron chi connectivity index (χ4n) is 0.767. The highest BCUT2D eigenvalue weighted by Gasteiger charge is 1.93. The lowest BCUT2D eigenvalue weighted by molar-refractivity contribution is 0.954. The molecule has 3 nitrogen and oxygen atoms in total. The van der Waals surface area contributed by atoms with E-state index in [0.717, 1.165) is 4.47 Å². The highest BCUT2D eigenvalue weighted by molar-refractivity contribution is 9.10. The number of aromatic nitrogens is 1. The van der Waals surface area contributed by atoms with Crippen molar-refractivity contribution in [1.82, 2.24) is 4.57 Å². The van der Waals surface area contributed by atoms with E-state index in [1.54, 1.807) is 25.3 Å². The summed E-state index contributed by atoms with van der Waals surface area (Å²) in [5.74, 6) is 0.350. The minimum Gasteiger partial charge on any atom is -0.291 e. The lowest BCUT2D eigenvalue weighted by Gasteiger charge is -2.02.